The van der Waals surface area contributed by atoms with Crippen molar-refractivity contribution in [3.8, 4) is 11.5 Å². The van der Waals surface area contributed by atoms with Gasteiger partial charge < -0.3 is 4.74 Å². The molecule has 1 fully saturated rings. The van der Waals surface area contributed by atoms with Gasteiger partial charge in [-0.15, -0.1) is 0 Å². The third-order valence-corrected chi connectivity index (χ3v) is 6.84. The summed E-state index contributed by atoms with van der Waals surface area (Å²) in [7, 11) is 0. The molecule has 158 valence electrons. The normalized spacial score (nSPS) is 19.4. The summed E-state index contributed by atoms with van der Waals surface area (Å²) in [6, 6.07) is 7.28. The zero-order chi connectivity index (χ0) is 21.0. The summed E-state index contributed by atoms with van der Waals surface area (Å²) < 4.78 is 36.6. The Morgan fingerprint density at radius 3 is 2.24 bits per heavy atom. The Morgan fingerprint density at radius 1 is 0.966 bits per heavy atom. The molecule has 1 aliphatic rings. The van der Waals surface area contributed by atoms with Crippen molar-refractivity contribution in [2.45, 2.75) is 78.1 Å². The molecule has 0 heterocycles. The molecule has 1 aliphatic carbocycles. The van der Waals surface area contributed by atoms with E-state index in [1.807, 2.05) is 26.0 Å². The molecule has 0 unspecified atom stereocenters. The molecule has 0 bridgehead atoms. The van der Waals surface area contributed by atoms with Gasteiger partial charge in [0.05, 0.1) is 0 Å². The highest BCUT2D eigenvalue weighted by molar-refractivity contribution is 14.1. The number of unbranched alkanes of at least 4 members (excludes halogenated alkanes) is 2. The fourth-order valence-electron chi connectivity index (χ4n) is 4.55. The minimum absolute atomic E-state index is 0.0353. The summed E-state index contributed by atoms with van der Waals surface area (Å²) in [6.45, 7) is 6.07. The predicted octanol–water partition coefficient (Wildman–Crippen LogP) is 8.83. The van der Waals surface area contributed by atoms with E-state index in [4.69, 9.17) is 4.74 Å². The maximum Gasteiger partial charge on any atom is 0.201 e. The van der Waals surface area contributed by atoms with Crippen LogP contribution in [0.3, 0.4) is 0 Å². The lowest BCUT2D eigenvalue weighted by molar-refractivity contribution is 0.297. The Hall–Kier alpha value is -1.17. The molecule has 0 aromatic heterocycles. The third-order valence-electron chi connectivity index (χ3n) is 6.22. The first-order valence-electron chi connectivity index (χ1n) is 10.8. The maximum absolute atomic E-state index is 14.9. The standard InChI is InChI=1S/C25H31F2IO/c1-4-5-6-7-18-8-10-19(11-9-18)21-12-13-22(24(27)23(21)26)29-25-16(2)14-20(28)15-17(25)3/h12-15,18-19H,4-11H2,1-3H3. The SMILES string of the molecule is CCCCCC1CCC(c2ccc(Oc3c(C)cc(I)cc3C)c(F)c2F)CC1. The second-order valence-electron chi connectivity index (χ2n) is 8.47. The average Bonchev–Trinajstić information content (AvgIpc) is 2.69. The fraction of sp³-hybridized carbons (Fsp3) is 0.520. The Kier molecular flexibility index (Phi) is 7.94. The van der Waals surface area contributed by atoms with E-state index >= 15 is 0 Å². The molecule has 0 aliphatic heterocycles. The van der Waals surface area contributed by atoms with Gasteiger partial charge in [-0.2, -0.15) is 4.39 Å². The van der Waals surface area contributed by atoms with E-state index in [0.29, 0.717) is 11.3 Å². The first-order valence-corrected chi connectivity index (χ1v) is 11.9. The summed E-state index contributed by atoms with van der Waals surface area (Å²) in [5.41, 5.74) is 2.34. The first kappa shape index (κ1) is 22.5. The number of aryl methyl sites for hydroxylation is 2. The Bertz CT molecular complexity index is 818. The molecule has 2 aromatic rings. The number of halogens is 3. The molecule has 0 amide bonds. The van der Waals surface area contributed by atoms with Gasteiger partial charge in [0.15, 0.2) is 11.6 Å². The average molecular weight is 512 g/mol. The highest BCUT2D eigenvalue weighted by atomic mass is 127. The lowest BCUT2D eigenvalue weighted by atomic mass is 9.77. The van der Waals surface area contributed by atoms with Crippen molar-refractivity contribution in [2.75, 3.05) is 0 Å². The number of rotatable bonds is 7. The summed E-state index contributed by atoms with van der Waals surface area (Å²) >= 11 is 2.24. The fourth-order valence-corrected chi connectivity index (χ4v) is 5.49. The van der Waals surface area contributed by atoms with Gasteiger partial charge in [-0.05, 0) is 109 Å². The number of benzene rings is 2. The molecular formula is C25H31F2IO. The van der Waals surface area contributed by atoms with Crippen LogP contribution in [0.1, 0.15) is 80.9 Å². The van der Waals surface area contributed by atoms with Crippen LogP contribution in [0, 0.1) is 35.0 Å². The van der Waals surface area contributed by atoms with Crippen LogP contribution >= 0.6 is 22.6 Å². The van der Waals surface area contributed by atoms with E-state index in [2.05, 4.69) is 29.5 Å². The molecule has 4 heteroatoms. The summed E-state index contributed by atoms with van der Waals surface area (Å²) in [5, 5.41) is 0. The van der Waals surface area contributed by atoms with Crippen molar-refractivity contribution in [3.05, 3.63) is 56.2 Å². The van der Waals surface area contributed by atoms with Crippen molar-refractivity contribution >= 4 is 22.6 Å². The lowest BCUT2D eigenvalue weighted by Gasteiger charge is -2.29. The summed E-state index contributed by atoms with van der Waals surface area (Å²) in [6.07, 6.45) is 9.24. The van der Waals surface area contributed by atoms with Gasteiger partial charge in [0.1, 0.15) is 5.75 Å². The molecule has 3 rings (SSSR count). The third kappa shape index (κ3) is 5.50. The topological polar surface area (TPSA) is 9.23 Å². The predicted molar refractivity (Wildman–Crippen MR) is 124 cm³/mol. The highest BCUT2D eigenvalue weighted by Crippen LogP contribution is 2.41. The van der Waals surface area contributed by atoms with Crippen molar-refractivity contribution in [1.29, 1.82) is 0 Å². The van der Waals surface area contributed by atoms with Gasteiger partial charge in [0, 0.05) is 3.57 Å². The summed E-state index contributed by atoms with van der Waals surface area (Å²) in [5.74, 6) is -0.179. The number of hydrogen-bond acceptors (Lipinski definition) is 1. The summed E-state index contributed by atoms with van der Waals surface area (Å²) in [4.78, 5) is 0. The zero-order valence-electron chi connectivity index (χ0n) is 17.7. The quantitative estimate of drug-likeness (QED) is 0.266. The van der Waals surface area contributed by atoms with Crippen LogP contribution in [0.5, 0.6) is 11.5 Å². The van der Waals surface area contributed by atoms with Crippen LogP contribution in [-0.4, -0.2) is 0 Å². The van der Waals surface area contributed by atoms with Crippen LogP contribution in [0.25, 0.3) is 0 Å². The van der Waals surface area contributed by atoms with Gasteiger partial charge >= 0.3 is 0 Å². The Morgan fingerprint density at radius 2 is 1.62 bits per heavy atom. The first-order chi connectivity index (χ1) is 13.9. The second-order valence-corrected chi connectivity index (χ2v) is 9.71. The lowest BCUT2D eigenvalue weighted by Crippen LogP contribution is -2.15. The molecular weight excluding hydrogens is 481 g/mol. The molecule has 0 radical (unpaired) electrons. The molecule has 1 saturated carbocycles. The minimum atomic E-state index is -0.870. The van der Waals surface area contributed by atoms with E-state index in [-0.39, 0.29) is 11.7 Å². The van der Waals surface area contributed by atoms with Gasteiger partial charge in [-0.25, -0.2) is 4.39 Å². The van der Waals surface area contributed by atoms with Gasteiger partial charge in [0.2, 0.25) is 5.82 Å². The minimum Gasteiger partial charge on any atom is -0.454 e. The van der Waals surface area contributed by atoms with Crippen molar-refractivity contribution < 1.29 is 13.5 Å². The molecule has 0 saturated heterocycles. The number of ether oxygens (including phenoxy) is 1. The van der Waals surface area contributed by atoms with Crippen LogP contribution in [0.2, 0.25) is 0 Å². The van der Waals surface area contributed by atoms with Crippen molar-refractivity contribution in [3.63, 3.8) is 0 Å². The van der Waals surface area contributed by atoms with Crippen LogP contribution < -0.4 is 4.74 Å². The molecule has 0 N–H and O–H groups in total. The van der Waals surface area contributed by atoms with Crippen LogP contribution in [0.4, 0.5) is 8.78 Å². The van der Waals surface area contributed by atoms with Crippen molar-refractivity contribution in [1.82, 2.24) is 0 Å². The van der Waals surface area contributed by atoms with Gasteiger partial charge in [-0.1, -0.05) is 38.7 Å². The van der Waals surface area contributed by atoms with E-state index in [1.165, 1.54) is 25.7 Å². The second kappa shape index (κ2) is 10.2. The van der Waals surface area contributed by atoms with Crippen LogP contribution in [-0.2, 0) is 0 Å². The highest BCUT2D eigenvalue weighted by Gasteiger charge is 2.26. The Balaban J connectivity index is 1.71. The zero-order valence-corrected chi connectivity index (χ0v) is 19.8. The van der Waals surface area contributed by atoms with E-state index in [9.17, 15) is 8.78 Å². The monoisotopic (exact) mass is 512 g/mol. The largest absolute Gasteiger partial charge is 0.454 e. The van der Waals surface area contributed by atoms with E-state index in [1.54, 1.807) is 12.1 Å². The van der Waals surface area contributed by atoms with Crippen LogP contribution in [0.15, 0.2) is 24.3 Å². The van der Waals surface area contributed by atoms with Crippen molar-refractivity contribution in [2.24, 2.45) is 5.92 Å². The number of hydrogen-bond donors (Lipinski definition) is 0. The Labute approximate surface area is 187 Å². The molecule has 2 aromatic carbocycles. The molecule has 1 nitrogen and oxygen atoms in total. The molecule has 29 heavy (non-hydrogen) atoms. The van der Waals surface area contributed by atoms with E-state index < -0.39 is 11.6 Å². The molecule has 0 spiro atoms. The molecule has 0 atom stereocenters. The maximum atomic E-state index is 14.9. The van der Waals surface area contributed by atoms with Gasteiger partial charge in [0.25, 0.3) is 0 Å². The van der Waals surface area contributed by atoms with Gasteiger partial charge in [-0.3, -0.25) is 0 Å². The van der Waals surface area contributed by atoms with E-state index in [0.717, 1.165) is 46.3 Å². The smallest absolute Gasteiger partial charge is 0.201 e.